The second kappa shape index (κ2) is 4.70. The molecule has 4 nitrogen and oxygen atoms in total. The summed E-state index contributed by atoms with van der Waals surface area (Å²) in [7, 11) is 0. The molecule has 0 aliphatic rings. The summed E-state index contributed by atoms with van der Waals surface area (Å²) in [5.41, 5.74) is 5.66. The van der Waals surface area contributed by atoms with Gasteiger partial charge in [-0.3, -0.25) is 4.98 Å². The summed E-state index contributed by atoms with van der Waals surface area (Å²) in [5, 5.41) is 10.4. The summed E-state index contributed by atoms with van der Waals surface area (Å²) in [6.07, 6.45) is 3.00. The molecule has 1 unspecified atom stereocenters. The summed E-state index contributed by atoms with van der Waals surface area (Å²) in [6, 6.07) is 6.21. The van der Waals surface area contributed by atoms with Crippen LogP contribution < -0.4 is 5.73 Å². The average Bonchev–Trinajstić information content (AvgIpc) is 2.29. The SMILES string of the molecule is CC(O)(Cc1ccnc(N)c1)c1ccc(F)cn1. The summed E-state index contributed by atoms with van der Waals surface area (Å²) < 4.78 is 12.8. The fourth-order valence-corrected chi connectivity index (χ4v) is 1.79. The Morgan fingerprint density at radius 2 is 2.11 bits per heavy atom. The van der Waals surface area contributed by atoms with Crippen LogP contribution in [0.5, 0.6) is 0 Å². The third-order valence-corrected chi connectivity index (χ3v) is 2.67. The highest BCUT2D eigenvalue weighted by Crippen LogP contribution is 2.24. The Labute approximate surface area is 104 Å². The number of pyridine rings is 2. The highest BCUT2D eigenvalue weighted by Gasteiger charge is 2.25. The first kappa shape index (κ1) is 12.4. The summed E-state index contributed by atoms with van der Waals surface area (Å²) in [4.78, 5) is 7.78. The molecule has 0 saturated heterocycles. The van der Waals surface area contributed by atoms with E-state index in [1.54, 1.807) is 25.3 Å². The van der Waals surface area contributed by atoms with E-state index in [0.717, 1.165) is 11.8 Å². The fourth-order valence-electron chi connectivity index (χ4n) is 1.79. The fraction of sp³-hybridized carbons (Fsp3) is 0.231. The number of halogens is 1. The van der Waals surface area contributed by atoms with Crippen LogP contribution in [0.1, 0.15) is 18.2 Å². The van der Waals surface area contributed by atoms with Gasteiger partial charge in [-0.15, -0.1) is 0 Å². The van der Waals surface area contributed by atoms with E-state index in [-0.39, 0.29) is 0 Å². The third-order valence-electron chi connectivity index (χ3n) is 2.67. The molecule has 0 aromatic carbocycles. The van der Waals surface area contributed by atoms with Gasteiger partial charge in [-0.25, -0.2) is 9.37 Å². The Hall–Kier alpha value is -2.01. The predicted octanol–water partition coefficient (Wildman–Crippen LogP) is 1.65. The number of nitrogens with zero attached hydrogens (tertiary/aromatic N) is 2. The van der Waals surface area contributed by atoms with Crippen LogP contribution in [0.25, 0.3) is 0 Å². The van der Waals surface area contributed by atoms with Crippen LogP contribution in [0.3, 0.4) is 0 Å². The van der Waals surface area contributed by atoms with Gasteiger partial charge in [0.1, 0.15) is 17.2 Å². The van der Waals surface area contributed by atoms with Gasteiger partial charge in [-0.05, 0) is 36.8 Å². The van der Waals surface area contributed by atoms with Gasteiger partial charge in [-0.1, -0.05) is 0 Å². The number of anilines is 1. The summed E-state index contributed by atoms with van der Waals surface area (Å²) in [6.45, 7) is 1.63. The van der Waals surface area contributed by atoms with Crippen LogP contribution in [-0.4, -0.2) is 15.1 Å². The Morgan fingerprint density at radius 3 is 2.72 bits per heavy atom. The van der Waals surface area contributed by atoms with Gasteiger partial charge in [0.2, 0.25) is 0 Å². The smallest absolute Gasteiger partial charge is 0.141 e. The maximum Gasteiger partial charge on any atom is 0.141 e. The topological polar surface area (TPSA) is 72.0 Å². The predicted molar refractivity (Wildman–Crippen MR) is 66.1 cm³/mol. The van der Waals surface area contributed by atoms with Gasteiger partial charge in [0.05, 0.1) is 11.9 Å². The van der Waals surface area contributed by atoms with Crippen molar-refractivity contribution < 1.29 is 9.50 Å². The molecule has 2 heterocycles. The summed E-state index contributed by atoms with van der Waals surface area (Å²) in [5.74, 6) is -0.0296. The molecule has 18 heavy (non-hydrogen) atoms. The van der Waals surface area contributed by atoms with Crippen molar-refractivity contribution in [3.63, 3.8) is 0 Å². The molecular weight excluding hydrogens is 233 g/mol. The summed E-state index contributed by atoms with van der Waals surface area (Å²) >= 11 is 0. The maximum atomic E-state index is 12.8. The number of rotatable bonds is 3. The molecule has 0 radical (unpaired) electrons. The molecular formula is C13H14FN3O. The normalized spacial score (nSPS) is 14.2. The van der Waals surface area contributed by atoms with Gasteiger partial charge >= 0.3 is 0 Å². The quantitative estimate of drug-likeness (QED) is 0.865. The maximum absolute atomic E-state index is 12.8. The standard InChI is InChI=1S/C13H14FN3O/c1-13(18,11-3-2-10(14)8-17-11)7-9-4-5-16-12(15)6-9/h2-6,8,18H,7H2,1H3,(H2,15,16). The molecule has 3 N–H and O–H groups in total. The van der Waals surface area contributed by atoms with Crippen LogP contribution >= 0.6 is 0 Å². The van der Waals surface area contributed by atoms with E-state index in [4.69, 9.17) is 5.73 Å². The number of nitrogens with two attached hydrogens (primary N) is 1. The monoisotopic (exact) mass is 247 g/mol. The van der Waals surface area contributed by atoms with Gasteiger partial charge in [0.25, 0.3) is 0 Å². The lowest BCUT2D eigenvalue weighted by Gasteiger charge is -2.22. The van der Waals surface area contributed by atoms with Crippen molar-refractivity contribution in [3.05, 3.63) is 53.7 Å². The zero-order valence-electron chi connectivity index (χ0n) is 9.97. The van der Waals surface area contributed by atoms with Crippen molar-refractivity contribution in [1.82, 2.24) is 9.97 Å². The molecule has 2 aromatic heterocycles. The molecule has 2 rings (SSSR count). The molecule has 0 bridgehead atoms. The van der Waals surface area contributed by atoms with E-state index in [1.165, 1.54) is 12.1 Å². The van der Waals surface area contributed by atoms with Crippen LogP contribution in [0, 0.1) is 5.82 Å². The van der Waals surface area contributed by atoms with Crippen molar-refractivity contribution in [3.8, 4) is 0 Å². The zero-order chi connectivity index (χ0) is 13.2. The third kappa shape index (κ3) is 2.81. The van der Waals surface area contributed by atoms with Crippen molar-refractivity contribution in [2.24, 2.45) is 0 Å². The molecule has 0 aliphatic heterocycles. The number of aromatic nitrogens is 2. The Bertz CT molecular complexity index is 540. The van der Waals surface area contributed by atoms with Crippen molar-refractivity contribution >= 4 is 5.82 Å². The van der Waals surface area contributed by atoms with Gasteiger partial charge in [0.15, 0.2) is 0 Å². The molecule has 0 amide bonds. The lowest BCUT2D eigenvalue weighted by Crippen LogP contribution is -2.25. The number of nitrogen functional groups attached to an aromatic ring is 1. The van der Waals surface area contributed by atoms with Crippen molar-refractivity contribution in [2.75, 3.05) is 5.73 Å². The van der Waals surface area contributed by atoms with Crippen molar-refractivity contribution in [2.45, 2.75) is 18.9 Å². The zero-order valence-corrected chi connectivity index (χ0v) is 9.97. The minimum atomic E-state index is -1.18. The second-order valence-corrected chi connectivity index (χ2v) is 4.40. The van der Waals surface area contributed by atoms with Crippen LogP contribution in [0.4, 0.5) is 10.2 Å². The molecule has 0 fully saturated rings. The molecule has 0 aliphatic carbocycles. The largest absolute Gasteiger partial charge is 0.384 e. The first-order chi connectivity index (χ1) is 8.47. The van der Waals surface area contributed by atoms with Gasteiger partial charge in [0, 0.05) is 12.6 Å². The highest BCUT2D eigenvalue weighted by molar-refractivity contribution is 5.33. The molecule has 5 heteroatoms. The average molecular weight is 247 g/mol. The van der Waals surface area contributed by atoms with Crippen LogP contribution in [-0.2, 0) is 12.0 Å². The lowest BCUT2D eigenvalue weighted by molar-refractivity contribution is 0.0529. The Morgan fingerprint density at radius 1 is 1.33 bits per heavy atom. The van der Waals surface area contributed by atoms with E-state index in [2.05, 4.69) is 9.97 Å². The Kier molecular flexibility index (Phi) is 3.25. The van der Waals surface area contributed by atoms with E-state index in [1.807, 2.05) is 0 Å². The molecule has 1 atom stereocenters. The number of hydrogen-bond acceptors (Lipinski definition) is 4. The molecule has 0 saturated carbocycles. The van der Waals surface area contributed by atoms with E-state index in [0.29, 0.717) is 17.9 Å². The van der Waals surface area contributed by atoms with E-state index in [9.17, 15) is 9.50 Å². The van der Waals surface area contributed by atoms with E-state index >= 15 is 0 Å². The number of aliphatic hydroxyl groups is 1. The minimum absolute atomic E-state index is 0.332. The molecule has 2 aromatic rings. The minimum Gasteiger partial charge on any atom is -0.384 e. The van der Waals surface area contributed by atoms with E-state index < -0.39 is 11.4 Å². The number of hydrogen-bond donors (Lipinski definition) is 2. The van der Waals surface area contributed by atoms with Crippen molar-refractivity contribution in [1.29, 1.82) is 0 Å². The van der Waals surface area contributed by atoms with Gasteiger partial charge in [-0.2, -0.15) is 0 Å². The first-order valence-electron chi connectivity index (χ1n) is 5.52. The van der Waals surface area contributed by atoms with Crippen LogP contribution in [0.15, 0.2) is 36.7 Å². The first-order valence-corrected chi connectivity index (χ1v) is 5.52. The molecule has 94 valence electrons. The lowest BCUT2D eigenvalue weighted by atomic mass is 9.93. The molecule has 0 spiro atoms. The second-order valence-electron chi connectivity index (χ2n) is 4.40. The van der Waals surface area contributed by atoms with Gasteiger partial charge < -0.3 is 10.8 Å². The highest BCUT2D eigenvalue weighted by atomic mass is 19.1. The van der Waals surface area contributed by atoms with Crippen LogP contribution in [0.2, 0.25) is 0 Å². The Balaban J connectivity index is 2.23.